The fourth-order valence-corrected chi connectivity index (χ4v) is 6.95. The third kappa shape index (κ3) is 4.82. The van der Waals surface area contributed by atoms with E-state index in [4.69, 9.17) is 15.5 Å². The summed E-state index contributed by atoms with van der Waals surface area (Å²) >= 11 is 1.68. The zero-order valence-electron chi connectivity index (χ0n) is 22.6. The summed E-state index contributed by atoms with van der Waals surface area (Å²) in [7, 11) is 3.95. The molecule has 1 atom stereocenters. The highest BCUT2D eigenvalue weighted by Crippen LogP contribution is 2.42. The molecule has 0 spiro atoms. The highest BCUT2D eigenvalue weighted by Gasteiger charge is 2.43. The molecule has 1 aliphatic carbocycles. The molecule has 3 aliphatic heterocycles. The SMILES string of the molecule is COc1cc(N2CCC(N3CCN(C)CC3)CC2)ccc1C1(N)N=C(NC2(C)CC2)c2c(C)csc2N1. The highest BCUT2D eigenvalue weighted by atomic mass is 32.1. The van der Waals surface area contributed by atoms with E-state index in [-0.39, 0.29) is 5.54 Å². The number of aryl methyl sites for hydroxylation is 1. The van der Waals surface area contributed by atoms with E-state index < -0.39 is 5.79 Å². The topological polar surface area (TPSA) is 81.4 Å². The first-order chi connectivity index (χ1) is 17.8. The number of hydrogen-bond acceptors (Lipinski definition) is 9. The number of thiophene rings is 1. The number of ether oxygens (including phenoxy) is 1. The normalized spacial score (nSPS) is 26.3. The minimum Gasteiger partial charge on any atom is -0.496 e. The molecule has 0 radical (unpaired) electrons. The molecule has 4 heterocycles. The molecule has 9 heteroatoms. The molecule has 4 N–H and O–H groups in total. The maximum absolute atomic E-state index is 7.02. The van der Waals surface area contributed by atoms with E-state index in [1.807, 2.05) is 0 Å². The minimum absolute atomic E-state index is 0.104. The van der Waals surface area contributed by atoms with Gasteiger partial charge in [-0.3, -0.25) is 10.6 Å². The number of piperazine rings is 1. The molecule has 2 aromatic rings. The minimum atomic E-state index is -1.10. The van der Waals surface area contributed by atoms with Crippen molar-refractivity contribution in [3.63, 3.8) is 0 Å². The second-order valence-electron chi connectivity index (χ2n) is 11.6. The van der Waals surface area contributed by atoms with Crippen molar-refractivity contribution in [1.82, 2.24) is 15.1 Å². The van der Waals surface area contributed by atoms with E-state index in [2.05, 4.69) is 69.8 Å². The Morgan fingerprint density at radius 2 is 1.86 bits per heavy atom. The number of nitrogens with two attached hydrogens (primary N) is 1. The van der Waals surface area contributed by atoms with Crippen molar-refractivity contribution in [3.05, 3.63) is 40.3 Å². The molecular formula is C28H41N7OS. The second-order valence-corrected chi connectivity index (χ2v) is 12.5. The fraction of sp³-hybridized carbons (Fsp3) is 0.607. The Labute approximate surface area is 224 Å². The smallest absolute Gasteiger partial charge is 0.215 e. The Kier molecular flexibility index (Phi) is 6.38. The van der Waals surface area contributed by atoms with Crippen LogP contribution in [0.15, 0.2) is 28.6 Å². The molecule has 1 aromatic carbocycles. The molecule has 1 aromatic heterocycles. The number of anilines is 2. The maximum Gasteiger partial charge on any atom is 0.215 e. The van der Waals surface area contributed by atoms with Crippen molar-refractivity contribution in [2.45, 2.75) is 56.9 Å². The third-order valence-electron chi connectivity index (χ3n) is 8.70. The van der Waals surface area contributed by atoms with Crippen LogP contribution in [0.3, 0.4) is 0 Å². The Morgan fingerprint density at radius 1 is 1.14 bits per heavy atom. The van der Waals surface area contributed by atoms with Gasteiger partial charge in [0.05, 0.1) is 18.2 Å². The number of likely N-dealkylation sites (N-methyl/N-ethyl adjacent to an activating group) is 1. The Bertz CT molecular complexity index is 1180. The summed E-state index contributed by atoms with van der Waals surface area (Å²) in [6.07, 6.45) is 4.71. The molecule has 2 saturated heterocycles. The number of rotatable bonds is 5. The number of nitrogens with one attached hydrogen (secondary N) is 2. The number of hydrogen-bond donors (Lipinski definition) is 3. The lowest BCUT2D eigenvalue weighted by Gasteiger charge is -2.42. The lowest BCUT2D eigenvalue weighted by Crippen LogP contribution is -2.52. The average molecular weight is 524 g/mol. The van der Waals surface area contributed by atoms with Crippen LogP contribution in [0.2, 0.25) is 0 Å². The van der Waals surface area contributed by atoms with E-state index in [0.29, 0.717) is 6.04 Å². The zero-order chi connectivity index (χ0) is 25.8. The summed E-state index contributed by atoms with van der Waals surface area (Å²) in [5.41, 5.74) is 11.5. The molecule has 37 heavy (non-hydrogen) atoms. The highest BCUT2D eigenvalue weighted by molar-refractivity contribution is 7.14. The predicted octanol–water partition coefficient (Wildman–Crippen LogP) is 3.36. The van der Waals surface area contributed by atoms with Crippen LogP contribution in [0.5, 0.6) is 5.75 Å². The van der Waals surface area contributed by atoms with Crippen LogP contribution in [-0.4, -0.2) is 80.6 Å². The van der Waals surface area contributed by atoms with Gasteiger partial charge in [-0.15, -0.1) is 11.3 Å². The van der Waals surface area contributed by atoms with Crippen LogP contribution in [0.1, 0.15) is 49.3 Å². The number of benzene rings is 1. The van der Waals surface area contributed by atoms with Gasteiger partial charge >= 0.3 is 0 Å². The molecule has 0 amide bonds. The standard InChI is InChI=1S/C28H41N7OS/c1-19-18-37-26-24(19)25(30-27(2)9-10-27)31-28(29,32-26)22-6-5-21(17-23(22)36-4)34-11-7-20(8-12-34)35-15-13-33(3)14-16-35/h5-6,17-18,20,32H,7-16,29H2,1-4H3,(H,30,31). The van der Waals surface area contributed by atoms with Gasteiger partial charge in [0.2, 0.25) is 5.79 Å². The lowest BCUT2D eigenvalue weighted by atomic mass is 10.00. The monoisotopic (exact) mass is 523 g/mol. The molecule has 8 nitrogen and oxygen atoms in total. The maximum atomic E-state index is 7.02. The number of amidine groups is 1. The summed E-state index contributed by atoms with van der Waals surface area (Å²) < 4.78 is 5.92. The van der Waals surface area contributed by atoms with E-state index in [1.165, 1.54) is 50.3 Å². The van der Waals surface area contributed by atoms with Gasteiger partial charge in [0.25, 0.3) is 0 Å². The average Bonchev–Trinajstić information content (AvgIpc) is 3.51. The van der Waals surface area contributed by atoms with Gasteiger partial charge in [-0.2, -0.15) is 0 Å². The van der Waals surface area contributed by atoms with E-state index in [0.717, 1.165) is 53.6 Å². The van der Waals surface area contributed by atoms with Crippen LogP contribution < -0.4 is 26.0 Å². The number of nitrogens with zero attached hydrogens (tertiary/aromatic N) is 4. The summed E-state index contributed by atoms with van der Waals surface area (Å²) in [5.74, 6) is 0.550. The molecule has 6 rings (SSSR count). The molecule has 1 unspecified atom stereocenters. The van der Waals surface area contributed by atoms with E-state index >= 15 is 0 Å². The van der Waals surface area contributed by atoms with Crippen molar-refractivity contribution in [2.24, 2.45) is 10.7 Å². The number of methoxy groups -OCH3 is 1. The quantitative estimate of drug-likeness (QED) is 0.555. The van der Waals surface area contributed by atoms with Crippen LogP contribution in [0.25, 0.3) is 0 Å². The first kappa shape index (κ1) is 25.0. The van der Waals surface area contributed by atoms with Crippen molar-refractivity contribution < 1.29 is 4.74 Å². The van der Waals surface area contributed by atoms with Gasteiger partial charge in [-0.1, -0.05) is 0 Å². The molecule has 200 valence electrons. The second kappa shape index (κ2) is 9.45. The zero-order valence-corrected chi connectivity index (χ0v) is 23.5. The number of aliphatic imine (C=N–C) groups is 1. The Hall–Kier alpha value is -2.33. The largest absolute Gasteiger partial charge is 0.496 e. The van der Waals surface area contributed by atoms with Crippen molar-refractivity contribution in [1.29, 1.82) is 0 Å². The van der Waals surface area contributed by atoms with Gasteiger partial charge in [-0.25, -0.2) is 4.99 Å². The Morgan fingerprint density at radius 3 is 2.54 bits per heavy atom. The summed E-state index contributed by atoms with van der Waals surface area (Å²) in [5, 5.41) is 10.4. The number of fused-ring (bicyclic) bond motifs is 1. The predicted molar refractivity (Wildman–Crippen MR) is 153 cm³/mol. The van der Waals surface area contributed by atoms with Gasteiger partial charge in [0.15, 0.2) is 0 Å². The Balaban J connectivity index is 1.22. The summed E-state index contributed by atoms with van der Waals surface area (Å²) in [6.45, 7) is 11.3. The summed E-state index contributed by atoms with van der Waals surface area (Å²) in [4.78, 5) is 12.7. The van der Waals surface area contributed by atoms with Gasteiger partial charge in [0.1, 0.15) is 16.6 Å². The van der Waals surface area contributed by atoms with Gasteiger partial charge in [-0.05, 0) is 69.7 Å². The van der Waals surface area contributed by atoms with Crippen LogP contribution >= 0.6 is 11.3 Å². The van der Waals surface area contributed by atoms with Crippen molar-refractivity contribution >= 4 is 27.9 Å². The molecule has 1 saturated carbocycles. The summed E-state index contributed by atoms with van der Waals surface area (Å²) in [6, 6.07) is 7.12. The molecule has 3 fully saturated rings. The van der Waals surface area contributed by atoms with Gasteiger partial charge < -0.3 is 25.2 Å². The molecule has 0 bridgehead atoms. The van der Waals surface area contributed by atoms with Crippen LogP contribution in [0.4, 0.5) is 10.7 Å². The number of piperidine rings is 1. The van der Waals surface area contributed by atoms with Crippen LogP contribution in [-0.2, 0) is 5.79 Å². The van der Waals surface area contributed by atoms with Crippen LogP contribution in [0, 0.1) is 6.92 Å². The van der Waals surface area contributed by atoms with Crippen molar-refractivity contribution in [2.75, 3.05) is 63.6 Å². The third-order valence-corrected chi connectivity index (χ3v) is 9.72. The first-order valence-corrected chi connectivity index (χ1v) is 14.5. The molecular weight excluding hydrogens is 482 g/mol. The fourth-order valence-electron chi connectivity index (χ4n) is 5.95. The van der Waals surface area contributed by atoms with Gasteiger partial charge in [0, 0.05) is 62.6 Å². The molecule has 4 aliphatic rings. The lowest BCUT2D eigenvalue weighted by molar-refractivity contribution is 0.0982. The van der Waals surface area contributed by atoms with E-state index in [9.17, 15) is 0 Å². The van der Waals surface area contributed by atoms with E-state index in [1.54, 1.807) is 18.4 Å². The first-order valence-electron chi connectivity index (χ1n) is 13.7. The van der Waals surface area contributed by atoms with Crippen molar-refractivity contribution in [3.8, 4) is 5.75 Å².